The van der Waals surface area contributed by atoms with Gasteiger partial charge in [0.05, 0.1) is 13.2 Å². The highest BCUT2D eigenvalue weighted by atomic mass is 16.5. The van der Waals surface area contributed by atoms with Crippen molar-refractivity contribution in [2.45, 2.75) is 20.8 Å². The molecule has 0 bridgehead atoms. The molecule has 0 spiro atoms. The third-order valence-corrected chi connectivity index (χ3v) is 3.99. The molecule has 0 aliphatic rings. The molecule has 2 rings (SSSR count). The average Bonchev–Trinajstić information content (AvgIpc) is 2.66. The standard InChI is InChI=1S/C22H28O4/c1-16(2)22(18-4-8-20(9-5-18)25-13-12-23)19-6-10-21(11-7-19)26-15-17(3)14-24/h4-11,17,23-24H,12-15H2,1-3H3. The van der Waals surface area contributed by atoms with E-state index in [-0.39, 0.29) is 19.1 Å². The smallest absolute Gasteiger partial charge is 0.119 e. The summed E-state index contributed by atoms with van der Waals surface area (Å²) < 4.78 is 11.1. The van der Waals surface area contributed by atoms with E-state index in [2.05, 4.69) is 26.0 Å². The molecule has 1 unspecified atom stereocenters. The molecule has 2 aromatic carbocycles. The van der Waals surface area contributed by atoms with E-state index in [4.69, 9.17) is 19.7 Å². The summed E-state index contributed by atoms with van der Waals surface area (Å²) in [6.07, 6.45) is 0. The molecule has 4 heteroatoms. The first-order valence-electron chi connectivity index (χ1n) is 8.90. The Morgan fingerprint density at radius 3 is 1.77 bits per heavy atom. The maximum atomic E-state index is 9.08. The summed E-state index contributed by atoms with van der Waals surface area (Å²) in [4.78, 5) is 0. The molecule has 0 fully saturated rings. The quantitative estimate of drug-likeness (QED) is 0.715. The van der Waals surface area contributed by atoms with Crippen LogP contribution < -0.4 is 9.47 Å². The summed E-state index contributed by atoms with van der Waals surface area (Å²) in [5.41, 5.74) is 4.63. The minimum atomic E-state index is 0.00642. The van der Waals surface area contributed by atoms with Gasteiger partial charge in [-0.15, -0.1) is 0 Å². The monoisotopic (exact) mass is 356 g/mol. The Bertz CT molecular complexity index is 698. The van der Waals surface area contributed by atoms with Crippen LogP contribution in [0, 0.1) is 5.92 Å². The van der Waals surface area contributed by atoms with Crippen LogP contribution in [0.1, 0.15) is 31.9 Å². The first-order valence-corrected chi connectivity index (χ1v) is 8.90. The topological polar surface area (TPSA) is 58.9 Å². The molecule has 26 heavy (non-hydrogen) atoms. The Morgan fingerprint density at radius 1 is 0.846 bits per heavy atom. The van der Waals surface area contributed by atoms with Crippen molar-refractivity contribution in [3.05, 3.63) is 65.2 Å². The molecule has 4 nitrogen and oxygen atoms in total. The van der Waals surface area contributed by atoms with Gasteiger partial charge in [-0.05, 0) is 54.8 Å². The predicted molar refractivity (Wildman–Crippen MR) is 105 cm³/mol. The average molecular weight is 356 g/mol. The number of aliphatic hydroxyl groups is 2. The number of hydrogen-bond acceptors (Lipinski definition) is 4. The highest BCUT2D eigenvalue weighted by Crippen LogP contribution is 2.29. The first kappa shape index (κ1) is 20.0. The van der Waals surface area contributed by atoms with Crippen molar-refractivity contribution in [2.24, 2.45) is 5.92 Å². The van der Waals surface area contributed by atoms with Crippen molar-refractivity contribution in [3.63, 3.8) is 0 Å². The number of hydrogen-bond donors (Lipinski definition) is 2. The Hall–Kier alpha value is -2.30. The van der Waals surface area contributed by atoms with Crippen LogP contribution in [-0.4, -0.2) is 36.6 Å². The van der Waals surface area contributed by atoms with Crippen LogP contribution in [0.4, 0.5) is 0 Å². The molecule has 0 aliphatic heterocycles. The normalized spacial score (nSPS) is 11.7. The van der Waals surface area contributed by atoms with Crippen molar-refractivity contribution in [1.29, 1.82) is 0 Å². The summed E-state index contributed by atoms with van der Waals surface area (Å²) in [6.45, 7) is 7.07. The predicted octanol–water partition coefficient (Wildman–Crippen LogP) is 3.91. The molecule has 0 aliphatic carbocycles. The second-order valence-electron chi connectivity index (χ2n) is 6.59. The van der Waals surface area contributed by atoms with Crippen LogP contribution in [0.3, 0.4) is 0 Å². The second-order valence-corrected chi connectivity index (χ2v) is 6.59. The van der Waals surface area contributed by atoms with E-state index in [0.717, 1.165) is 22.6 Å². The van der Waals surface area contributed by atoms with E-state index >= 15 is 0 Å². The van der Waals surface area contributed by atoms with Gasteiger partial charge in [0, 0.05) is 12.5 Å². The Morgan fingerprint density at radius 2 is 1.35 bits per heavy atom. The molecule has 0 heterocycles. The fourth-order valence-corrected chi connectivity index (χ4v) is 2.63. The number of aliphatic hydroxyl groups excluding tert-OH is 2. The third-order valence-electron chi connectivity index (χ3n) is 3.99. The maximum Gasteiger partial charge on any atom is 0.119 e. The fraction of sp³-hybridized carbons (Fsp3) is 0.364. The highest BCUT2D eigenvalue weighted by molar-refractivity contribution is 5.82. The fourth-order valence-electron chi connectivity index (χ4n) is 2.63. The maximum absolute atomic E-state index is 9.08. The van der Waals surface area contributed by atoms with Crippen molar-refractivity contribution in [1.82, 2.24) is 0 Å². The molecule has 0 aromatic heterocycles. The van der Waals surface area contributed by atoms with Crippen LogP contribution in [-0.2, 0) is 0 Å². The van der Waals surface area contributed by atoms with Gasteiger partial charge < -0.3 is 19.7 Å². The lowest BCUT2D eigenvalue weighted by molar-refractivity contribution is 0.174. The van der Waals surface area contributed by atoms with Crippen molar-refractivity contribution >= 4 is 5.57 Å². The molecule has 2 aromatic rings. The van der Waals surface area contributed by atoms with E-state index in [0.29, 0.717) is 13.2 Å². The van der Waals surface area contributed by atoms with Crippen LogP contribution in [0.25, 0.3) is 5.57 Å². The number of rotatable bonds is 9. The lowest BCUT2D eigenvalue weighted by Crippen LogP contribution is -2.12. The van der Waals surface area contributed by atoms with Crippen LogP contribution in [0.15, 0.2) is 54.1 Å². The molecule has 0 amide bonds. The Kier molecular flexibility index (Phi) is 7.70. The van der Waals surface area contributed by atoms with Crippen molar-refractivity contribution in [2.75, 3.05) is 26.4 Å². The summed E-state index contributed by atoms with van der Waals surface area (Å²) in [5, 5.41) is 17.9. The number of ether oxygens (including phenoxy) is 2. The van der Waals surface area contributed by atoms with Gasteiger partial charge in [-0.25, -0.2) is 0 Å². The van der Waals surface area contributed by atoms with E-state index in [1.165, 1.54) is 11.1 Å². The van der Waals surface area contributed by atoms with Gasteiger partial charge in [0.25, 0.3) is 0 Å². The molecular formula is C22H28O4. The molecule has 0 saturated carbocycles. The number of allylic oxidation sites excluding steroid dienone is 1. The van der Waals surface area contributed by atoms with Gasteiger partial charge in [-0.3, -0.25) is 0 Å². The minimum absolute atomic E-state index is 0.00642. The van der Waals surface area contributed by atoms with E-state index in [1.807, 2.05) is 43.3 Å². The van der Waals surface area contributed by atoms with Gasteiger partial charge in [0.1, 0.15) is 18.1 Å². The summed E-state index contributed by atoms with van der Waals surface area (Å²) in [6, 6.07) is 15.9. The lowest BCUT2D eigenvalue weighted by Gasteiger charge is -2.14. The summed E-state index contributed by atoms with van der Waals surface area (Å²) in [7, 11) is 0. The van der Waals surface area contributed by atoms with Gasteiger partial charge in [0.15, 0.2) is 0 Å². The molecule has 140 valence electrons. The van der Waals surface area contributed by atoms with Crippen LogP contribution in [0.5, 0.6) is 11.5 Å². The lowest BCUT2D eigenvalue weighted by atomic mass is 9.94. The number of benzene rings is 2. The largest absolute Gasteiger partial charge is 0.493 e. The van der Waals surface area contributed by atoms with E-state index < -0.39 is 0 Å². The van der Waals surface area contributed by atoms with Gasteiger partial charge in [0.2, 0.25) is 0 Å². The second kappa shape index (κ2) is 10.00. The molecule has 2 N–H and O–H groups in total. The Balaban J connectivity index is 2.16. The Labute approximate surface area is 155 Å². The molecule has 0 saturated heterocycles. The van der Waals surface area contributed by atoms with E-state index in [9.17, 15) is 0 Å². The first-order chi connectivity index (χ1) is 12.5. The molecular weight excluding hydrogens is 328 g/mol. The zero-order chi connectivity index (χ0) is 18.9. The van der Waals surface area contributed by atoms with Gasteiger partial charge in [-0.2, -0.15) is 0 Å². The molecule has 1 atom stereocenters. The highest BCUT2D eigenvalue weighted by Gasteiger charge is 2.09. The van der Waals surface area contributed by atoms with Crippen LogP contribution >= 0.6 is 0 Å². The van der Waals surface area contributed by atoms with E-state index in [1.54, 1.807) is 0 Å². The van der Waals surface area contributed by atoms with Crippen molar-refractivity contribution in [3.8, 4) is 11.5 Å². The van der Waals surface area contributed by atoms with Crippen LogP contribution in [0.2, 0.25) is 0 Å². The SMILES string of the molecule is CC(C)=C(c1ccc(OCCO)cc1)c1ccc(OCC(C)CO)cc1. The zero-order valence-electron chi connectivity index (χ0n) is 15.7. The third kappa shape index (κ3) is 5.61. The van der Waals surface area contributed by atoms with Crippen molar-refractivity contribution < 1.29 is 19.7 Å². The summed E-state index contributed by atoms with van der Waals surface area (Å²) in [5.74, 6) is 1.67. The van der Waals surface area contributed by atoms with Gasteiger partial charge >= 0.3 is 0 Å². The molecule has 0 radical (unpaired) electrons. The minimum Gasteiger partial charge on any atom is -0.493 e. The van der Waals surface area contributed by atoms with Gasteiger partial charge in [-0.1, -0.05) is 36.8 Å². The summed E-state index contributed by atoms with van der Waals surface area (Å²) >= 11 is 0. The zero-order valence-corrected chi connectivity index (χ0v) is 15.7.